The highest BCUT2D eigenvalue weighted by molar-refractivity contribution is 5.92. The van der Waals surface area contributed by atoms with Crippen molar-refractivity contribution in [1.29, 1.82) is 5.26 Å². The summed E-state index contributed by atoms with van der Waals surface area (Å²) < 4.78 is 5.88. The van der Waals surface area contributed by atoms with E-state index in [1.807, 2.05) is 0 Å². The molecule has 7 nitrogen and oxygen atoms in total. The van der Waals surface area contributed by atoms with Gasteiger partial charge in [-0.15, -0.1) is 0 Å². The number of hydrogen-bond donors (Lipinski definition) is 2. The van der Waals surface area contributed by atoms with E-state index in [1.165, 1.54) is 17.3 Å². The smallest absolute Gasteiger partial charge is 0.319 e. The minimum Gasteiger partial charge on any atom is -0.485 e. The molecule has 2 heterocycles. The summed E-state index contributed by atoms with van der Waals surface area (Å²) in [5.41, 5.74) is 6.10. The fourth-order valence-electron chi connectivity index (χ4n) is 3.05. The van der Waals surface area contributed by atoms with Crippen LogP contribution in [0.3, 0.4) is 0 Å². The summed E-state index contributed by atoms with van der Waals surface area (Å²) in [5.74, 6) is 0.500. The van der Waals surface area contributed by atoms with Gasteiger partial charge in [-0.25, -0.2) is 4.79 Å². The summed E-state index contributed by atoms with van der Waals surface area (Å²) in [6, 6.07) is 8.71. The molecule has 128 valence electrons. The first-order chi connectivity index (χ1) is 11.8. The van der Waals surface area contributed by atoms with Crippen molar-refractivity contribution in [3.63, 3.8) is 0 Å². The van der Waals surface area contributed by atoms with Crippen molar-refractivity contribution in [1.82, 2.24) is 4.98 Å². The summed E-state index contributed by atoms with van der Waals surface area (Å²) in [6.45, 7) is 3.47. The predicted octanol–water partition coefficient (Wildman–Crippen LogP) is 2.11. The van der Waals surface area contributed by atoms with E-state index < -0.39 is 23.8 Å². The van der Waals surface area contributed by atoms with Gasteiger partial charge in [0.25, 0.3) is 0 Å². The zero-order valence-corrected chi connectivity index (χ0v) is 13.9. The van der Waals surface area contributed by atoms with Gasteiger partial charge >= 0.3 is 6.03 Å². The van der Waals surface area contributed by atoms with Crippen LogP contribution in [0.1, 0.15) is 31.0 Å². The monoisotopic (exact) mass is 338 g/mol. The molecule has 25 heavy (non-hydrogen) atoms. The Labute approximate surface area is 145 Å². The van der Waals surface area contributed by atoms with Gasteiger partial charge < -0.3 is 15.6 Å². The zero-order chi connectivity index (χ0) is 18.2. The number of urea groups is 1. The van der Waals surface area contributed by atoms with Gasteiger partial charge in [0.2, 0.25) is 0 Å². The van der Waals surface area contributed by atoms with Crippen LogP contribution in [0.5, 0.6) is 5.75 Å². The van der Waals surface area contributed by atoms with Crippen molar-refractivity contribution < 1.29 is 14.6 Å². The summed E-state index contributed by atoms with van der Waals surface area (Å²) in [7, 11) is 0. The van der Waals surface area contributed by atoms with E-state index in [1.54, 1.807) is 44.2 Å². The number of rotatable bonds is 2. The van der Waals surface area contributed by atoms with Crippen LogP contribution in [0.4, 0.5) is 10.5 Å². The van der Waals surface area contributed by atoms with Crippen LogP contribution in [0.15, 0.2) is 42.7 Å². The summed E-state index contributed by atoms with van der Waals surface area (Å²) in [5, 5.41) is 20.1. The number of nitriles is 1. The number of nitrogens with zero attached hydrogens (tertiary/aromatic N) is 3. The van der Waals surface area contributed by atoms with Crippen molar-refractivity contribution >= 4 is 11.7 Å². The van der Waals surface area contributed by atoms with Crippen molar-refractivity contribution in [3.8, 4) is 11.8 Å². The van der Waals surface area contributed by atoms with E-state index in [4.69, 9.17) is 10.5 Å². The second kappa shape index (κ2) is 6.07. The number of benzene rings is 1. The van der Waals surface area contributed by atoms with Crippen molar-refractivity contribution in [2.24, 2.45) is 5.73 Å². The first-order valence-corrected chi connectivity index (χ1v) is 7.75. The van der Waals surface area contributed by atoms with Crippen LogP contribution in [-0.4, -0.2) is 27.8 Å². The Hall–Kier alpha value is -3.11. The van der Waals surface area contributed by atoms with E-state index in [0.717, 1.165) is 0 Å². The highest BCUT2D eigenvalue weighted by atomic mass is 16.5. The lowest BCUT2D eigenvalue weighted by Crippen LogP contribution is -2.56. The first-order valence-electron chi connectivity index (χ1n) is 7.75. The highest BCUT2D eigenvalue weighted by Crippen LogP contribution is 2.44. The number of nitrogens with two attached hydrogens (primary N) is 1. The van der Waals surface area contributed by atoms with E-state index in [2.05, 4.69) is 11.1 Å². The molecule has 0 spiro atoms. The maximum absolute atomic E-state index is 12.2. The van der Waals surface area contributed by atoms with Gasteiger partial charge in [0.05, 0.1) is 17.7 Å². The van der Waals surface area contributed by atoms with Crippen LogP contribution in [0.25, 0.3) is 0 Å². The highest BCUT2D eigenvalue weighted by Gasteiger charge is 2.47. The standard InChI is InChI=1S/C18H18N4O3/c1-18(2)16(23)15(13-9-11(10-19)3-4-14(13)25-18)22(17(20)24)12-5-7-21-8-6-12/h3-9,15-16,23H,1-2H3,(H2,20,24). The first kappa shape index (κ1) is 16.7. The molecule has 0 radical (unpaired) electrons. The van der Waals surface area contributed by atoms with Crippen LogP contribution < -0.4 is 15.4 Å². The van der Waals surface area contributed by atoms with Crippen LogP contribution in [0.2, 0.25) is 0 Å². The fraction of sp³-hybridized carbons (Fsp3) is 0.278. The topological polar surface area (TPSA) is 112 Å². The second-order valence-electron chi connectivity index (χ2n) is 6.37. The van der Waals surface area contributed by atoms with E-state index >= 15 is 0 Å². The predicted molar refractivity (Wildman–Crippen MR) is 90.9 cm³/mol. The Morgan fingerprint density at radius 2 is 2.04 bits per heavy atom. The molecule has 1 aliphatic heterocycles. The molecule has 7 heteroatoms. The lowest BCUT2D eigenvalue weighted by molar-refractivity contribution is -0.0571. The summed E-state index contributed by atoms with van der Waals surface area (Å²) >= 11 is 0. The number of aliphatic hydroxyl groups excluding tert-OH is 1. The Morgan fingerprint density at radius 3 is 2.64 bits per heavy atom. The average Bonchev–Trinajstić information content (AvgIpc) is 2.59. The second-order valence-corrected chi connectivity index (χ2v) is 6.37. The molecule has 0 saturated carbocycles. The Balaban J connectivity index is 2.21. The number of primary amides is 1. The zero-order valence-electron chi connectivity index (χ0n) is 13.9. The number of hydrogen-bond acceptors (Lipinski definition) is 5. The maximum Gasteiger partial charge on any atom is 0.319 e. The summed E-state index contributed by atoms with van der Waals surface area (Å²) in [4.78, 5) is 17.5. The van der Waals surface area contributed by atoms with Crippen molar-refractivity contribution in [2.75, 3.05) is 4.90 Å². The molecule has 1 aromatic carbocycles. The van der Waals surface area contributed by atoms with Gasteiger partial charge in [0, 0.05) is 23.6 Å². The molecular formula is C18H18N4O3. The number of aromatic nitrogens is 1. The van der Waals surface area contributed by atoms with Crippen LogP contribution in [0, 0.1) is 11.3 Å². The number of amides is 2. The van der Waals surface area contributed by atoms with Crippen LogP contribution in [-0.2, 0) is 0 Å². The van der Waals surface area contributed by atoms with E-state index in [-0.39, 0.29) is 0 Å². The molecule has 2 unspecified atom stereocenters. The Kier molecular flexibility index (Phi) is 4.07. The number of carbonyl (C=O) groups is 1. The molecule has 1 aliphatic rings. The largest absolute Gasteiger partial charge is 0.485 e. The molecule has 3 rings (SSSR count). The van der Waals surface area contributed by atoms with Gasteiger partial charge in [-0.3, -0.25) is 9.88 Å². The van der Waals surface area contributed by atoms with Crippen molar-refractivity contribution in [2.45, 2.75) is 31.6 Å². The van der Waals surface area contributed by atoms with E-state index in [9.17, 15) is 15.2 Å². The quantitative estimate of drug-likeness (QED) is 0.871. The van der Waals surface area contributed by atoms with Gasteiger partial charge in [-0.05, 0) is 44.2 Å². The molecular weight excluding hydrogens is 320 g/mol. The maximum atomic E-state index is 12.2. The Morgan fingerprint density at radius 1 is 1.36 bits per heavy atom. The van der Waals surface area contributed by atoms with Crippen molar-refractivity contribution in [3.05, 3.63) is 53.9 Å². The minimum absolute atomic E-state index is 0.401. The SMILES string of the molecule is CC1(C)Oc2ccc(C#N)cc2C(N(C(N)=O)c2ccncc2)C1O. The van der Waals surface area contributed by atoms with Crippen LogP contribution >= 0.6 is 0 Å². The molecule has 1 aromatic heterocycles. The number of anilines is 1. The number of ether oxygens (including phenoxy) is 1. The number of aliphatic hydroxyl groups is 1. The van der Waals surface area contributed by atoms with Gasteiger partial charge in [0.15, 0.2) is 0 Å². The molecule has 0 bridgehead atoms. The fourth-order valence-corrected chi connectivity index (χ4v) is 3.05. The molecule has 0 saturated heterocycles. The summed E-state index contributed by atoms with van der Waals surface area (Å²) in [6.07, 6.45) is 2.01. The van der Waals surface area contributed by atoms with E-state index in [0.29, 0.717) is 22.6 Å². The number of fused-ring (bicyclic) bond motifs is 1. The lowest BCUT2D eigenvalue weighted by Gasteiger charge is -2.45. The average molecular weight is 338 g/mol. The lowest BCUT2D eigenvalue weighted by atomic mass is 9.85. The molecule has 3 N–H and O–H groups in total. The minimum atomic E-state index is -1.06. The van der Waals surface area contributed by atoms with Gasteiger partial charge in [0.1, 0.15) is 17.5 Å². The molecule has 0 fully saturated rings. The van der Waals surface area contributed by atoms with Gasteiger partial charge in [-0.1, -0.05) is 0 Å². The third-order valence-corrected chi connectivity index (χ3v) is 4.30. The number of carbonyl (C=O) groups excluding carboxylic acids is 1. The Bertz CT molecular complexity index is 845. The molecule has 2 atom stereocenters. The number of pyridine rings is 1. The molecule has 0 aliphatic carbocycles. The normalized spacial score (nSPS) is 20.7. The van der Waals surface area contributed by atoms with Gasteiger partial charge in [-0.2, -0.15) is 5.26 Å². The molecule has 2 aromatic rings. The third kappa shape index (κ3) is 2.88. The molecule has 2 amide bonds. The third-order valence-electron chi connectivity index (χ3n) is 4.30.